The summed E-state index contributed by atoms with van der Waals surface area (Å²) < 4.78 is 18.5. The minimum atomic E-state index is -0.375. The van der Waals surface area contributed by atoms with E-state index in [0.29, 0.717) is 25.4 Å². The first-order valence-corrected chi connectivity index (χ1v) is 11.4. The average Bonchev–Trinajstić information content (AvgIpc) is 3.22. The second kappa shape index (κ2) is 12.1. The maximum Gasteiger partial charge on any atom is 0.322 e. The normalized spacial score (nSPS) is 10.6. The number of aryl methyl sites for hydroxylation is 1. The van der Waals surface area contributed by atoms with Gasteiger partial charge < -0.3 is 19.9 Å². The predicted octanol–water partition coefficient (Wildman–Crippen LogP) is 4.90. The number of urea groups is 1. The first-order chi connectivity index (χ1) is 15.9. The second-order valence-electron chi connectivity index (χ2n) is 7.60. The van der Waals surface area contributed by atoms with Crippen molar-refractivity contribution in [1.29, 1.82) is 0 Å². The van der Waals surface area contributed by atoms with Crippen molar-refractivity contribution in [2.24, 2.45) is 0 Å². The molecule has 1 aromatic heterocycles. The number of carbonyl (C=O) groups excluding carboxylic acids is 2. The molecule has 0 radical (unpaired) electrons. The van der Waals surface area contributed by atoms with Crippen LogP contribution in [0.3, 0.4) is 0 Å². The van der Waals surface area contributed by atoms with E-state index in [1.807, 2.05) is 37.3 Å². The van der Waals surface area contributed by atoms with Gasteiger partial charge in [-0.3, -0.25) is 4.79 Å². The molecule has 0 saturated heterocycles. The number of amides is 3. The molecule has 3 rings (SSSR count). The Morgan fingerprint density at radius 2 is 1.70 bits per heavy atom. The highest BCUT2D eigenvalue weighted by atomic mass is 32.1. The van der Waals surface area contributed by atoms with Crippen molar-refractivity contribution in [3.05, 3.63) is 87.9 Å². The number of ether oxygens (including phenoxy) is 1. The number of methoxy groups -OCH3 is 1. The van der Waals surface area contributed by atoms with Crippen molar-refractivity contribution in [2.45, 2.75) is 20.0 Å². The molecule has 0 aliphatic carbocycles. The molecule has 1 heterocycles. The third-order valence-corrected chi connectivity index (χ3v) is 5.97. The molecule has 0 aliphatic rings. The Labute approximate surface area is 197 Å². The lowest BCUT2D eigenvalue weighted by Gasteiger charge is -2.27. The van der Waals surface area contributed by atoms with E-state index in [1.165, 1.54) is 17.0 Å². The van der Waals surface area contributed by atoms with Gasteiger partial charge in [-0.1, -0.05) is 30.3 Å². The van der Waals surface area contributed by atoms with Gasteiger partial charge in [-0.15, -0.1) is 11.3 Å². The number of halogens is 1. The van der Waals surface area contributed by atoms with E-state index in [4.69, 9.17) is 4.74 Å². The zero-order valence-corrected chi connectivity index (χ0v) is 19.6. The summed E-state index contributed by atoms with van der Waals surface area (Å²) in [6, 6.07) is 18.8. The Morgan fingerprint density at radius 1 is 0.970 bits per heavy atom. The number of thiophene rings is 1. The van der Waals surface area contributed by atoms with Crippen LogP contribution >= 0.6 is 11.3 Å². The molecule has 8 heteroatoms. The summed E-state index contributed by atoms with van der Waals surface area (Å²) in [4.78, 5) is 31.6. The van der Waals surface area contributed by atoms with E-state index < -0.39 is 0 Å². The SMILES string of the molecule is COCCN(CC(=O)N(Cc1ccc(F)cc1)Cc1ccc(C)s1)C(=O)Nc1ccccc1. The van der Waals surface area contributed by atoms with Crippen LogP contribution in [0.15, 0.2) is 66.7 Å². The van der Waals surface area contributed by atoms with Crippen LogP contribution in [0.1, 0.15) is 15.3 Å². The highest BCUT2D eigenvalue weighted by molar-refractivity contribution is 7.11. The molecule has 33 heavy (non-hydrogen) atoms. The Kier molecular flexibility index (Phi) is 8.97. The Hall–Kier alpha value is -3.23. The Bertz CT molecular complexity index is 1040. The standard InChI is InChI=1S/C25H28FN3O3S/c1-19-8-13-23(33-19)17-29(16-20-9-11-21(26)12-10-20)24(30)18-28(14-15-32-2)25(31)27-22-6-4-3-5-7-22/h3-13H,14-18H2,1-2H3,(H,27,31). The average molecular weight is 470 g/mol. The van der Waals surface area contributed by atoms with Gasteiger partial charge in [-0.25, -0.2) is 9.18 Å². The van der Waals surface area contributed by atoms with Crippen LogP contribution in [-0.4, -0.2) is 48.5 Å². The smallest absolute Gasteiger partial charge is 0.322 e. The third-order valence-electron chi connectivity index (χ3n) is 4.99. The lowest BCUT2D eigenvalue weighted by atomic mass is 10.2. The van der Waals surface area contributed by atoms with Crippen molar-refractivity contribution < 1.29 is 18.7 Å². The Balaban J connectivity index is 1.75. The van der Waals surface area contributed by atoms with Crippen LogP contribution in [0.2, 0.25) is 0 Å². The third kappa shape index (κ3) is 7.69. The van der Waals surface area contributed by atoms with Gasteiger partial charge in [-0.05, 0) is 48.9 Å². The molecule has 3 amide bonds. The molecule has 0 spiro atoms. The predicted molar refractivity (Wildman–Crippen MR) is 129 cm³/mol. The quantitative estimate of drug-likeness (QED) is 0.459. The van der Waals surface area contributed by atoms with Crippen molar-refractivity contribution in [3.63, 3.8) is 0 Å². The highest BCUT2D eigenvalue weighted by Crippen LogP contribution is 2.19. The minimum Gasteiger partial charge on any atom is -0.383 e. The highest BCUT2D eigenvalue weighted by Gasteiger charge is 2.22. The molecule has 0 unspecified atom stereocenters. The van der Waals surface area contributed by atoms with Gasteiger partial charge >= 0.3 is 6.03 Å². The molecule has 0 saturated carbocycles. The fraction of sp³-hybridized carbons (Fsp3) is 0.280. The molecule has 3 aromatic rings. The number of rotatable bonds is 10. The number of hydrogen-bond donors (Lipinski definition) is 1. The van der Waals surface area contributed by atoms with Gasteiger partial charge in [0.2, 0.25) is 5.91 Å². The first-order valence-electron chi connectivity index (χ1n) is 10.6. The van der Waals surface area contributed by atoms with E-state index in [2.05, 4.69) is 5.32 Å². The number of anilines is 1. The zero-order chi connectivity index (χ0) is 23.6. The molecule has 1 N–H and O–H groups in total. The van der Waals surface area contributed by atoms with E-state index in [1.54, 1.807) is 47.6 Å². The maximum absolute atomic E-state index is 13.4. The van der Waals surface area contributed by atoms with Crippen molar-refractivity contribution in [2.75, 3.05) is 32.1 Å². The fourth-order valence-corrected chi connectivity index (χ4v) is 4.15. The molecular weight excluding hydrogens is 441 g/mol. The maximum atomic E-state index is 13.4. The van der Waals surface area contributed by atoms with Crippen LogP contribution in [0.25, 0.3) is 0 Å². The summed E-state index contributed by atoms with van der Waals surface area (Å²) in [6.45, 7) is 3.21. The lowest BCUT2D eigenvalue weighted by molar-refractivity contribution is -0.133. The summed E-state index contributed by atoms with van der Waals surface area (Å²) in [7, 11) is 1.55. The summed E-state index contributed by atoms with van der Waals surface area (Å²) in [6.07, 6.45) is 0. The molecule has 6 nitrogen and oxygen atoms in total. The van der Waals surface area contributed by atoms with E-state index in [-0.39, 0.29) is 30.8 Å². The van der Waals surface area contributed by atoms with Gasteiger partial charge in [0, 0.05) is 35.6 Å². The van der Waals surface area contributed by atoms with Crippen LogP contribution < -0.4 is 5.32 Å². The first kappa shape index (κ1) is 24.4. The van der Waals surface area contributed by atoms with Crippen molar-refractivity contribution in [1.82, 2.24) is 9.80 Å². The van der Waals surface area contributed by atoms with Crippen LogP contribution in [0.4, 0.5) is 14.9 Å². The molecular formula is C25H28FN3O3S. The topological polar surface area (TPSA) is 61.9 Å². The number of nitrogens with one attached hydrogen (secondary N) is 1. The molecule has 0 aliphatic heterocycles. The monoisotopic (exact) mass is 469 g/mol. The second-order valence-corrected chi connectivity index (χ2v) is 8.97. The van der Waals surface area contributed by atoms with Gasteiger partial charge in [0.1, 0.15) is 12.4 Å². The van der Waals surface area contributed by atoms with E-state index in [9.17, 15) is 14.0 Å². The summed E-state index contributed by atoms with van der Waals surface area (Å²) in [5.74, 6) is -0.529. The van der Waals surface area contributed by atoms with E-state index >= 15 is 0 Å². The number of hydrogen-bond acceptors (Lipinski definition) is 4. The van der Waals surface area contributed by atoms with E-state index in [0.717, 1.165) is 15.3 Å². The van der Waals surface area contributed by atoms with Crippen molar-refractivity contribution in [3.8, 4) is 0 Å². The van der Waals surface area contributed by atoms with Gasteiger partial charge in [0.05, 0.1) is 13.2 Å². The fourth-order valence-electron chi connectivity index (χ4n) is 3.24. The summed E-state index contributed by atoms with van der Waals surface area (Å²) in [5.41, 5.74) is 1.46. The van der Waals surface area contributed by atoms with Crippen LogP contribution in [0, 0.1) is 12.7 Å². The lowest BCUT2D eigenvalue weighted by Crippen LogP contribution is -2.45. The molecule has 174 valence electrons. The zero-order valence-electron chi connectivity index (χ0n) is 18.8. The van der Waals surface area contributed by atoms with Crippen LogP contribution in [-0.2, 0) is 22.6 Å². The number of nitrogens with zero attached hydrogens (tertiary/aromatic N) is 2. The van der Waals surface area contributed by atoms with Crippen LogP contribution in [0.5, 0.6) is 0 Å². The number of carbonyl (C=O) groups is 2. The summed E-state index contributed by atoms with van der Waals surface area (Å²) >= 11 is 1.62. The molecule has 0 atom stereocenters. The minimum absolute atomic E-state index is 0.104. The molecule has 0 fully saturated rings. The van der Waals surface area contributed by atoms with Crippen molar-refractivity contribution >= 4 is 29.0 Å². The van der Waals surface area contributed by atoms with Gasteiger partial charge in [0.15, 0.2) is 0 Å². The largest absolute Gasteiger partial charge is 0.383 e. The molecule has 2 aromatic carbocycles. The number of para-hydroxylation sites is 1. The number of benzene rings is 2. The molecule has 0 bridgehead atoms. The summed E-state index contributed by atoms with van der Waals surface area (Å²) in [5, 5.41) is 2.83. The van der Waals surface area contributed by atoms with Gasteiger partial charge in [-0.2, -0.15) is 0 Å². The van der Waals surface area contributed by atoms with Gasteiger partial charge in [0.25, 0.3) is 0 Å². The Morgan fingerprint density at radius 3 is 2.33 bits per heavy atom.